The van der Waals surface area contributed by atoms with Gasteiger partial charge in [0.15, 0.2) is 0 Å². The van der Waals surface area contributed by atoms with Crippen molar-refractivity contribution in [1.82, 2.24) is 25.8 Å². The number of carbonyl (C=O) groups is 5. The van der Waals surface area contributed by atoms with Crippen molar-refractivity contribution < 1.29 is 33.8 Å². The minimum atomic E-state index is -1.29. The van der Waals surface area contributed by atoms with Gasteiger partial charge in [-0.05, 0) is 36.6 Å². The lowest BCUT2D eigenvalue weighted by Gasteiger charge is -2.28. The lowest BCUT2D eigenvalue weighted by atomic mass is 10.1. The fourth-order valence-electron chi connectivity index (χ4n) is 4.91. The summed E-state index contributed by atoms with van der Waals surface area (Å²) in [7, 11) is 1.52. The number of nitrogens with zero attached hydrogens (tertiary/aromatic N) is 2. The minimum Gasteiger partial charge on any atom is -0.491 e. The molecule has 42 heavy (non-hydrogen) atoms. The average Bonchev–Trinajstić information content (AvgIpc) is 3.37. The number of nitrogens with one attached hydrogen (secondary N) is 3. The standard InChI is InChI=1S/C30H37N5O7/c1-19(36)27-30(41)34(2)13-14-42-24-10-4-3-9-22(24)28(39)32-23(16-25(37)33-27)29(40)31-17-20-7-5-8-21(15-20)18-35-12-6-11-26(35)38/h3-5,7-10,15,19,23,27,36H,6,11-14,16-18H2,1-2H3,(H,31,40)(H,32,39)(H,33,37)/t19-,23+,27+/m1/s1. The van der Waals surface area contributed by atoms with Crippen molar-refractivity contribution in [3.63, 3.8) is 0 Å². The number of amides is 5. The zero-order valence-corrected chi connectivity index (χ0v) is 23.8. The van der Waals surface area contributed by atoms with Crippen LogP contribution in [0.15, 0.2) is 48.5 Å². The molecule has 0 saturated carbocycles. The van der Waals surface area contributed by atoms with E-state index >= 15 is 0 Å². The minimum absolute atomic E-state index is 0.0574. The predicted octanol–water partition coefficient (Wildman–Crippen LogP) is 0.330. The third kappa shape index (κ3) is 7.84. The summed E-state index contributed by atoms with van der Waals surface area (Å²) < 4.78 is 5.78. The highest BCUT2D eigenvalue weighted by Crippen LogP contribution is 2.19. The van der Waals surface area contributed by atoms with E-state index in [1.807, 2.05) is 24.3 Å². The van der Waals surface area contributed by atoms with E-state index in [-0.39, 0.29) is 36.9 Å². The maximum atomic E-state index is 13.3. The van der Waals surface area contributed by atoms with Gasteiger partial charge in [-0.2, -0.15) is 0 Å². The largest absolute Gasteiger partial charge is 0.491 e. The quantitative estimate of drug-likeness (QED) is 0.384. The van der Waals surface area contributed by atoms with Gasteiger partial charge in [-0.15, -0.1) is 0 Å². The molecule has 3 atom stereocenters. The second-order valence-electron chi connectivity index (χ2n) is 10.6. The Balaban J connectivity index is 1.52. The van der Waals surface area contributed by atoms with Crippen LogP contribution >= 0.6 is 0 Å². The van der Waals surface area contributed by atoms with Crippen LogP contribution in [-0.4, -0.2) is 89.4 Å². The first-order valence-corrected chi connectivity index (χ1v) is 14.0. The van der Waals surface area contributed by atoms with E-state index in [2.05, 4.69) is 16.0 Å². The Morgan fingerprint density at radius 1 is 1.07 bits per heavy atom. The molecule has 0 spiro atoms. The Morgan fingerprint density at radius 3 is 2.57 bits per heavy atom. The highest BCUT2D eigenvalue weighted by Gasteiger charge is 2.32. The first kappa shape index (κ1) is 30.5. The van der Waals surface area contributed by atoms with Crippen molar-refractivity contribution in [2.24, 2.45) is 0 Å². The second-order valence-corrected chi connectivity index (χ2v) is 10.6. The molecule has 2 heterocycles. The van der Waals surface area contributed by atoms with E-state index in [4.69, 9.17) is 4.74 Å². The lowest BCUT2D eigenvalue weighted by Crippen LogP contribution is -2.55. The monoisotopic (exact) mass is 579 g/mol. The van der Waals surface area contributed by atoms with Gasteiger partial charge >= 0.3 is 0 Å². The van der Waals surface area contributed by atoms with Gasteiger partial charge in [-0.25, -0.2) is 0 Å². The molecule has 0 bridgehead atoms. The van der Waals surface area contributed by atoms with Gasteiger partial charge in [0.25, 0.3) is 5.91 Å². The molecule has 0 unspecified atom stereocenters. The van der Waals surface area contributed by atoms with Crippen molar-refractivity contribution in [3.05, 3.63) is 65.2 Å². The molecule has 4 rings (SSSR count). The maximum Gasteiger partial charge on any atom is 0.255 e. The van der Waals surface area contributed by atoms with E-state index in [0.29, 0.717) is 13.0 Å². The molecule has 0 aliphatic carbocycles. The third-order valence-electron chi connectivity index (χ3n) is 7.27. The lowest BCUT2D eigenvalue weighted by molar-refractivity contribution is -0.139. The molecule has 1 fully saturated rings. The van der Waals surface area contributed by atoms with Gasteiger partial charge in [0, 0.05) is 33.1 Å². The second kappa shape index (κ2) is 13.9. The van der Waals surface area contributed by atoms with Crippen LogP contribution in [0.1, 0.15) is 47.7 Å². The number of carbonyl (C=O) groups excluding carboxylic acids is 5. The fraction of sp³-hybridized carbons (Fsp3) is 0.433. The fourth-order valence-corrected chi connectivity index (χ4v) is 4.91. The Morgan fingerprint density at radius 2 is 1.83 bits per heavy atom. The molecule has 0 aromatic heterocycles. The highest BCUT2D eigenvalue weighted by molar-refractivity contribution is 6.01. The summed E-state index contributed by atoms with van der Waals surface area (Å²) in [5.74, 6) is -2.05. The SMILES string of the molecule is C[C@@H](O)[C@@H]1NC(=O)C[C@@H](C(=O)NCc2cccc(CN3CCCC3=O)c2)NC(=O)c2ccccc2OCCN(C)C1=O. The number of fused-ring (bicyclic) bond motifs is 1. The van der Waals surface area contributed by atoms with E-state index in [1.54, 1.807) is 29.2 Å². The number of likely N-dealkylation sites (N-methyl/N-ethyl adjacent to an activating group) is 1. The summed E-state index contributed by atoms with van der Waals surface area (Å²) in [5, 5.41) is 18.1. The summed E-state index contributed by atoms with van der Waals surface area (Å²) in [5.41, 5.74) is 1.89. The van der Waals surface area contributed by atoms with Crippen molar-refractivity contribution >= 4 is 29.5 Å². The molecule has 12 heteroatoms. The van der Waals surface area contributed by atoms with E-state index in [0.717, 1.165) is 24.1 Å². The molecule has 2 aromatic rings. The Labute approximate surface area is 244 Å². The average molecular weight is 580 g/mol. The van der Waals surface area contributed by atoms with Gasteiger partial charge in [-0.3, -0.25) is 24.0 Å². The number of benzene rings is 2. The van der Waals surface area contributed by atoms with E-state index in [1.165, 1.54) is 18.9 Å². The van der Waals surface area contributed by atoms with Crippen molar-refractivity contribution in [1.29, 1.82) is 0 Å². The van der Waals surface area contributed by atoms with Crippen molar-refractivity contribution in [2.75, 3.05) is 26.7 Å². The van der Waals surface area contributed by atoms with Crippen LogP contribution in [0.25, 0.3) is 0 Å². The number of aliphatic hydroxyl groups excluding tert-OH is 1. The molecule has 224 valence electrons. The molecule has 2 aliphatic heterocycles. The Kier molecular flexibility index (Phi) is 10.1. The number of likely N-dealkylation sites (tertiary alicyclic amines) is 1. The maximum absolute atomic E-state index is 13.3. The highest BCUT2D eigenvalue weighted by atomic mass is 16.5. The van der Waals surface area contributed by atoms with Crippen LogP contribution < -0.4 is 20.7 Å². The van der Waals surface area contributed by atoms with Crippen LogP contribution in [0.2, 0.25) is 0 Å². The summed E-state index contributed by atoms with van der Waals surface area (Å²) in [6, 6.07) is 11.4. The van der Waals surface area contributed by atoms with Crippen molar-refractivity contribution in [3.8, 4) is 5.75 Å². The number of para-hydroxylation sites is 1. The summed E-state index contributed by atoms with van der Waals surface area (Å²) in [6.45, 7) is 2.91. The van der Waals surface area contributed by atoms with Crippen molar-refractivity contribution in [2.45, 2.75) is 57.5 Å². The number of ether oxygens (including phenoxy) is 1. The van der Waals surface area contributed by atoms with Crippen LogP contribution in [-0.2, 0) is 32.3 Å². The number of hydrogen-bond acceptors (Lipinski definition) is 7. The molecule has 12 nitrogen and oxygen atoms in total. The molecular weight excluding hydrogens is 542 g/mol. The first-order valence-electron chi connectivity index (χ1n) is 14.0. The summed E-state index contributed by atoms with van der Waals surface area (Å²) in [4.78, 5) is 67.7. The van der Waals surface area contributed by atoms with Crippen LogP contribution in [0, 0.1) is 0 Å². The first-order chi connectivity index (χ1) is 20.1. The zero-order valence-electron chi connectivity index (χ0n) is 23.8. The van der Waals surface area contributed by atoms with E-state index < -0.39 is 48.2 Å². The normalized spacial score (nSPS) is 21.0. The van der Waals surface area contributed by atoms with E-state index in [9.17, 15) is 29.1 Å². The predicted molar refractivity (Wildman–Crippen MR) is 152 cm³/mol. The van der Waals surface area contributed by atoms with Crippen LogP contribution in [0.3, 0.4) is 0 Å². The number of aliphatic hydroxyl groups is 1. The number of rotatable bonds is 6. The van der Waals surface area contributed by atoms with Gasteiger partial charge < -0.3 is 35.6 Å². The zero-order chi connectivity index (χ0) is 30.2. The third-order valence-corrected chi connectivity index (χ3v) is 7.27. The molecule has 4 N–H and O–H groups in total. The molecule has 2 aromatic carbocycles. The molecule has 2 aliphatic rings. The van der Waals surface area contributed by atoms with Gasteiger partial charge in [0.2, 0.25) is 23.6 Å². The van der Waals surface area contributed by atoms with Crippen LogP contribution in [0.5, 0.6) is 5.75 Å². The van der Waals surface area contributed by atoms with Gasteiger partial charge in [-0.1, -0.05) is 36.4 Å². The Bertz CT molecular complexity index is 1330. The molecular formula is C30H37N5O7. The molecule has 1 saturated heterocycles. The van der Waals surface area contributed by atoms with Gasteiger partial charge in [0.05, 0.1) is 24.6 Å². The smallest absolute Gasteiger partial charge is 0.255 e. The molecule has 5 amide bonds. The molecule has 0 radical (unpaired) electrons. The summed E-state index contributed by atoms with van der Waals surface area (Å²) in [6.07, 6.45) is -0.286. The number of hydrogen-bond donors (Lipinski definition) is 4. The summed E-state index contributed by atoms with van der Waals surface area (Å²) >= 11 is 0. The van der Waals surface area contributed by atoms with Gasteiger partial charge in [0.1, 0.15) is 24.4 Å². The topological polar surface area (TPSA) is 157 Å². The Hall–Kier alpha value is -4.45. The van der Waals surface area contributed by atoms with Crippen LogP contribution in [0.4, 0.5) is 0 Å².